The lowest BCUT2D eigenvalue weighted by molar-refractivity contribution is -0.118. The second-order valence-electron chi connectivity index (χ2n) is 2.44. The van der Waals surface area contributed by atoms with Crippen molar-refractivity contribution in [2.24, 2.45) is 0 Å². The van der Waals surface area contributed by atoms with Gasteiger partial charge in [-0.05, 0) is 25.5 Å². The average Bonchev–Trinajstić information content (AvgIpc) is 1.60. The van der Waals surface area contributed by atoms with Crippen LogP contribution in [-0.4, -0.2) is 18.4 Å². The van der Waals surface area contributed by atoms with Crippen LogP contribution in [0.15, 0.2) is 12.2 Å². The first-order valence-electron chi connectivity index (χ1n) is 3.15. The van der Waals surface area contributed by atoms with Gasteiger partial charge in [0.25, 0.3) is 0 Å². The van der Waals surface area contributed by atoms with Gasteiger partial charge < -0.3 is 5.32 Å². The quantitative estimate of drug-likeness (QED) is 0.544. The fraction of sp³-hybridized carbons (Fsp3) is 0.571. The molecule has 0 saturated carbocycles. The van der Waals surface area contributed by atoms with E-state index in [2.05, 4.69) is 11.9 Å². The van der Waals surface area contributed by atoms with Gasteiger partial charge in [-0.3, -0.25) is 4.79 Å². The standard InChI is InChI=1S/C7H11NO/c1-5(2)7(9)6-3-4-8-6/h6,8H,1,3-4H2,2H3. The molecule has 0 aromatic rings. The van der Waals surface area contributed by atoms with Gasteiger partial charge >= 0.3 is 0 Å². The lowest BCUT2D eigenvalue weighted by atomic mass is 9.99. The molecule has 50 valence electrons. The highest BCUT2D eigenvalue weighted by Crippen LogP contribution is 2.07. The Labute approximate surface area is 54.9 Å². The first-order chi connectivity index (χ1) is 4.22. The lowest BCUT2D eigenvalue weighted by Crippen LogP contribution is -2.48. The zero-order chi connectivity index (χ0) is 6.85. The average molecular weight is 125 g/mol. The van der Waals surface area contributed by atoms with Gasteiger partial charge in [-0.2, -0.15) is 0 Å². The fourth-order valence-electron chi connectivity index (χ4n) is 0.810. The minimum Gasteiger partial charge on any atom is -0.307 e. The summed E-state index contributed by atoms with van der Waals surface area (Å²) in [6.45, 7) is 6.30. The molecule has 1 atom stereocenters. The van der Waals surface area contributed by atoms with E-state index in [1.807, 2.05) is 0 Å². The second-order valence-corrected chi connectivity index (χ2v) is 2.44. The molecule has 9 heavy (non-hydrogen) atoms. The number of carbonyl (C=O) groups is 1. The van der Waals surface area contributed by atoms with Crippen LogP contribution >= 0.6 is 0 Å². The van der Waals surface area contributed by atoms with Crippen LogP contribution in [0.4, 0.5) is 0 Å². The Morgan fingerprint density at radius 3 is 2.44 bits per heavy atom. The van der Waals surface area contributed by atoms with Crippen molar-refractivity contribution in [3.05, 3.63) is 12.2 Å². The largest absolute Gasteiger partial charge is 0.307 e. The molecule has 1 N–H and O–H groups in total. The summed E-state index contributed by atoms with van der Waals surface area (Å²) in [6, 6.07) is 0.0856. The maximum Gasteiger partial charge on any atom is 0.174 e. The molecule has 0 spiro atoms. The Bertz CT molecular complexity index is 147. The molecule has 1 saturated heterocycles. The summed E-state index contributed by atoms with van der Waals surface area (Å²) in [7, 11) is 0. The fourth-order valence-corrected chi connectivity index (χ4v) is 0.810. The first kappa shape index (κ1) is 6.49. The van der Waals surface area contributed by atoms with E-state index in [1.165, 1.54) is 0 Å². The van der Waals surface area contributed by atoms with Crippen molar-refractivity contribution in [2.75, 3.05) is 6.54 Å². The minimum atomic E-state index is 0.0856. The van der Waals surface area contributed by atoms with Crippen molar-refractivity contribution >= 4 is 5.78 Å². The molecule has 0 aromatic carbocycles. The zero-order valence-electron chi connectivity index (χ0n) is 5.61. The van der Waals surface area contributed by atoms with E-state index >= 15 is 0 Å². The highest BCUT2D eigenvalue weighted by atomic mass is 16.1. The minimum absolute atomic E-state index is 0.0856. The van der Waals surface area contributed by atoms with Crippen LogP contribution in [0, 0.1) is 0 Å². The Balaban J connectivity index is 2.42. The van der Waals surface area contributed by atoms with E-state index in [1.54, 1.807) is 6.92 Å². The molecule has 0 amide bonds. The van der Waals surface area contributed by atoms with Crippen molar-refractivity contribution in [1.82, 2.24) is 5.32 Å². The number of ketones is 1. The molecule has 1 rings (SSSR count). The number of nitrogens with one attached hydrogen (secondary N) is 1. The summed E-state index contributed by atoms with van der Waals surface area (Å²) in [5.41, 5.74) is 0.659. The van der Waals surface area contributed by atoms with E-state index in [9.17, 15) is 4.79 Å². The molecule has 2 heteroatoms. The van der Waals surface area contributed by atoms with E-state index in [0.717, 1.165) is 13.0 Å². The molecule has 0 aliphatic carbocycles. The highest BCUT2D eigenvalue weighted by Gasteiger charge is 2.23. The molecule has 1 aliphatic heterocycles. The van der Waals surface area contributed by atoms with Crippen molar-refractivity contribution < 1.29 is 4.79 Å². The molecular weight excluding hydrogens is 114 g/mol. The third kappa shape index (κ3) is 1.19. The van der Waals surface area contributed by atoms with Crippen molar-refractivity contribution in [2.45, 2.75) is 19.4 Å². The van der Waals surface area contributed by atoms with Gasteiger partial charge in [0.05, 0.1) is 6.04 Å². The summed E-state index contributed by atoms with van der Waals surface area (Å²) < 4.78 is 0. The molecule has 0 radical (unpaired) electrons. The van der Waals surface area contributed by atoms with Crippen LogP contribution in [0.1, 0.15) is 13.3 Å². The Hall–Kier alpha value is -0.630. The number of carbonyl (C=O) groups excluding carboxylic acids is 1. The summed E-state index contributed by atoms with van der Waals surface area (Å²) in [4.78, 5) is 11.0. The van der Waals surface area contributed by atoms with Crippen molar-refractivity contribution in [1.29, 1.82) is 0 Å². The first-order valence-corrected chi connectivity index (χ1v) is 3.15. The molecule has 2 nitrogen and oxygen atoms in total. The summed E-state index contributed by atoms with van der Waals surface area (Å²) >= 11 is 0. The van der Waals surface area contributed by atoms with Gasteiger partial charge in [0.15, 0.2) is 5.78 Å². The topological polar surface area (TPSA) is 29.1 Å². The highest BCUT2D eigenvalue weighted by molar-refractivity contribution is 5.98. The van der Waals surface area contributed by atoms with Crippen LogP contribution < -0.4 is 5.32 Å². The Morgan fingerprint density at radius 1 is 1.78 bits per heavy atom. The van der Waals surface area contributed by atoms with E-state index < -0.39 is 0 Å². The third-order valence-corrected chi connectivity index (χ3v) is 1.56. The van der Waals surface area contributed by atoms with Gasteiger partial charge in [0.1, 0.15) is 0 Å². The molecule has 0 bridgehead atoms. The number of hydrogen-bond donors (Lipinski definition) is 1. The molecule has 1 aliphatic rings. The van der Waals surface area contributed by atoms with Crippen molar-refractivity contribution in [3.8, 4) is 0 Å². The van der Waals surface area contributed by atoms with Gasteiger partial charge in [0.2, 0.25) is 0 Å². The predicted molar refractivity (Wildman–Crippen MR) is 36.2 cm³/mol. The van der Waals surface area contributed by atoms with Gasteiger partial charge in [0, 0.05) is 0 Å². The smallest absolute Gasteiger partial charge is 0.174 e. The second kappa shape index (κ2) is 2.31. The van der Waals surface area contributed by atoms with Gasteiger partial charge in [-0.1, -0.05) is 6.58 Å². The molecule has 0 aromatic heterocycles. The molecule has 1 fully saturated rings. The molecule has 1 unspecified atom stereocenters. The van der Waals surface area contributed by atoms with E-state index in [4.69, 9.17) is 0 Å². The summed E-state index contributed by atoms with van der Waals surface area (Å²) in [5, 5.41) is 3.02. The molecular formula is C7H11NO. The summed E-state index contributed by atoms with van der Waals surface area (Å²) in [6.07, 6.45) is 0.978. The van der Waals surface area contributed by atoms with Gasteiger partial charge in [-0.15, -0.1) is 0 Å². The molecule has 1 heterocycles. The van der Waals surface area contributed by atoms with Crippen LogP contribution in [0.5, 0.6) is 0 Å². The van der Waals surface area contributed by atoms with Crippen LogP contribution in [0.3, 0.4) is 0 Å². The maximum absolute atomic E-state index is 11.0. The number of hydrogen-bond acceptors (Lipinski definition) is 2. The SMILES string of the molecule is C=C(C)C(=O)C1CCN1. The van der Waals surface area contributed by atoms with Crippen LogP contribution in [-0.2, 0) is 4.79 Å². The lowest BCUT2D eigenvalue weighted by Gasteiger charge is -2.25. The van der Waals surface area contributed by atoms with Crippen LogP contribution in [0.25, 0.3) is 0 Å². The normalized spacial score (nSPS) is 24.8. The monoisotopic (exact) mass is 125 g/mol. The van der Waals surface area contributed by atoms with E-state index in [0.29, 0.717) is 5.57 Å². The van der Waals surface area contributed by atoms with Crippen molar-refractivity contribution in [3.63, 3.8) is 0 Å². The number of rotatable bonds is 2. The zero-order valence-corrected chi connectivity index (χ0v) is 5.61. The maximum atomic E-state index is 11.0. The Kier molecular flexibility index (Phi) is 1.67. The van der Waals surface area contributed by atoms with E-state index in [-0.39, 0.29) is 11.8 Å². The predicted octanol–water partition coefficient (Wildman–Crippen LogP) is 0.493. The number of Topliss-reactive ketones (excluding diaryl/α,β-unsaturated/α-hetero) is 1. The Morgan fingerprint density at radius 2 is 2.33 bits per heavy atom. The summed E-state index contributed by atoms with van der Waals surface area (Å²) in [5.74, 6) is 0.168. The third-order valence-electron chi connectivity index (χ3n) is 1.56. The van der Waals surface area contributed by atoms with Crippen LogP contribution in [0.2, 0.25) is 0 Å². The van der Waals surface area contributed by atoms with Gasteiger partial charge in [-0.25, -0.2) is 0 Å².